The molecule has 5 heteroatoms. The van der Waals surface area contributed by atoms with E-state index in [1.165, 1.54) is 11.8 Å². The highest BCUT2D eigenvalue weighted by atomic mass is 32.2. The summed E-state index contributed by atoms with van der Waals surface area (Å²) in [5, 5.41) is 8.84. The summed E-state index contributed by atoms with van der Waals surface area (Å²) in [5.41, 5.74) is 8.11. The Morgan fingerprint density at radius 1 is 1.12 bits per heavy atom. The monoisotopic (exact) mass is 249 g/mol. The standard InChI is InChI=1S/C12H12FN3S/c13-7-8-17-12-6-5-11(15-16-12)9-3-1-2-4-10(9)14/h1-6H,7-8,14H2. The summed E-state index contributed by atoms with van der Waals surface area (Å²) in [6, 6.07) is 11.2. The molecule has 0 radical (unpaired) electrons. The Hall–Kier alpha value is -1.62. The van der Waals surface area contributed by atoms with Crippen LogP contribution in [0.1, 0.15) is 0 Å². The summed E-state index contributed by atoms with van der Waals surface area (Å²) in [4.78, 5) is 0. The Bertz CT molecular complexity index is 487. The number of benzene rings is 1. The second kappa shape index (κ2) is 5.63. The van der Waals surface area contributed by atoms with Crippen LogP contribution in [-0.4, -0.2) is 22.6 Å². The summed E-state index contributed by atoms with van der Waals surface area (Å²) in [6.45, 7) is -0.361. The van der Waals surface area contributed by atoms with Gasteiger partial charge in [0.05, 0.1) is 12.4 Å². The summed E-state index contributed by atoms with van der Waals surface area (Å²) in [7, 11) is 0. The molecule has 0 aliphatic heterocycles. The van der Waals surface area contributed by atoms with Crippen LogP contribution in [-0.2, 0) is 0 Å². The fourth-order valence-electron chi connectivity index (χ4n) is 1.41. The van der Waals surface area contributed by atoms with E-state index in [1.807, 2.05) is 36.4 Å². The lowest BCUT2D eigenvalue weighted by Crippen LogP contribution is -1.94. The van der Waals surface area contributed by atoms with E-state index in [-0.39, 0.29) is 6.67 Å². The van der Waals surface area contributed by atoms with Gasteiger partial charge in [0.15, 0.2) is 0 Å². The maximum atomic E-state index is 12.0. The lowest BCUT2D eigenvalue weighted by molar-refractivity contribution is 0.532. The van der Waals surface area contributed by atoms with E-state index < -0.39 is 0 Å². The fraction of sp³-hybridized carbons (Fsp3) is 0.167. The van der Waals surface area contributed by atoms with E-state index in [2.05, 4.69) is 10.2 Å². The van der Waals surface area contributed by atoms with Gasteiger partial charge in [0.25, 0.3) is 0 Å². The number of alkyl halides is 1. The second-order valence-corrected chi connectivity index (χ2v) is 4.50. The highest BCUT2D eigenvalue weighted by molar-refractivity contribution is 7.99. The van der Waals surface area contributed by atoms with Gasteiger partial charge in [0.2, 0.25) is 0 Å². The zero-order valence-corrected chi connectivity index (χ0v) is 9.95. The topological polar surface area (TPSA) is 51.8 Å². The molecule has 0 aliphatic rings. The van der Waals surface area contributed by atoms with Crippen molar-refractivity contribution in [3.8, 4) is 11.3 Å². The minimum atomic E-state index is -0.361. The first-order valence-electron chi connectivity index (χ1n) is 5.18. The third-order valence-electron chi connectivity index (χ3n) is 2.20. The van der Waals surface area contributed by atoms with Crippen LogP contribution in [0.5, 0.6) is 0 Å². The van der Waals surface area contributed by atoms with Crippen molar-refractivity contribution in [3.05, 3.63) is 36.4 Å². The van der Waals surface area contributed by atoms with Crippen LogP contribution in [0.4, 0.5) is 10.1 Å². The highest BCUT2D eigenvalue weighted by Crippen LogP contribution is 2.24. The van der Waals surface area contributed by atoms with Crippen molar-refractivity contribution in [3.63, 3.8) is 0 Å². The van der Waals surface area contributed by atoms with Gasteiger partial charge in [-0.15, -0.1) is 22.0 Å². The molecule has 0 amide bonds. The molecule has 0 fully saturated rings. The maximum absolute atomic E-state index is 12.0. The molecule has 1 aromatic heterocycles. The minimum Gasteiger partial charge on any atom is -0.398 e. The molecule has 88 valence electrons. The summed E-state index contributed by atoms with van der Waals surface area (Å²) >= 11 is 1.35. The van der Waals surface area contributed by atoms with E-state index in [1.54, 1.807) is 0 Å². The van der Waals surface area contributed by atoms with Crippen LogP contribution >= 0.6 is 11.8 Å². The quantitative estimate of drug-likeness (QED) is 0.668. The highest BCUT2D eigenvalue weighted by Gasteiger charge is 2.04. The lowest BCUT2D eigenvalue weighted by Gasteiger charge is -2.04. The van der Waals surface area contributed by atoms with Crippen molar-refractivity contribution in [2.75, 3.05) is 18.2 Å². The molecule has 0 spiro atoms. The van der Waals surface area contributed by atoms with Crippen LogP contribution in [0.3, 0.4) is 0 Å². The number of rotatable bonds is 4. The number of halogens is 1. The van der Waals surface area contributed by atoms with Crippen LogP contribution in [0.2, 0.25) is 0 Å². The van der Waals surface area contributed by atoms with E-state index in [0.717, 1.165) is 16.3 Å². The minimum absolute atomic E-state index is 0.361. The van der Waals surface area contributed by atoms with Crippen LogP contribution in [0, 0.1) is 0 Å². The number of thioether (sulfide) groups is 1. The summed E-state index contributed by atoms with van der Waals surface area (Å²) < 4.78 is 12.0. The summed E-state index contributed by atoms with van der Waals surface area (Å²) in [5.74, 6) is 0.404. The number of hydrogen-bond donors (Lipinski definition) is 1. The van der Waals surface area contributed by atoms with Crippen molar-refractivity contribution in [1.82, 2.24) is 10.2 Å². The largest absolute Gasteiger partial charge is 0.398 e. The first-order chi connectivity index (χ1) is 8.31. The number of nitrogen functional groups attached to an aromatic ring is 1. The number of nitrogens with zero attached hydrogens (tertiary/aromatic N) is 2. The second-order valence-electron chi connectivity index (χ2n) is 3.38. The number of aromatic nitrogens is 2. The fourth-order valence-corrected chi connectivity index (χ4v) is 1.96. The van der Waals surface area contributed by atoms with Gasteiger partial charge in [0, 0.05) is 17.0 Å². The first kappa shape index (κ1) is 11.9. The van der Waals surface area contributed by atoms with Gasteiger partial charge < -0.3 is 5.73 Å². The zero-order valence-electron chi connectivity index (χ0n) is 9.14. The van der Waals surface area contributed by atoms with Crippen molar-refractivity contribution in [2.24, 2.45) is 0 Å². The van der Waals surface area contributed by atoms with Crippen molar-refractivity contribution in [1.29, 1.82) is 0 Å². The van der Waals surface area contributed by atoms with E-state index >= 15 is 0 Å². The van der Waals surface area contributed by atoms with Gasteiger partial charge in [-0.25, -0.2) is 0 Å². The van der Waals surface area contributed by atoms with Gasteiger partial charge >= 0.3 is 0 Å². The molecule has 2 rings (SSSR count). The average Bonchev–Trinajstić information content (AvgIpc) is 2.38. The number of para-hydroxylation sites is 1. The number of anilines is 1. The normalized spacial score (nSPS) is 10.4. The summed E-state index contributed by atoms with van der Waals surface area (Å²) in [6.07, 6.45) is 0. The van der Waals surface area contributed by atoms with Gasteiger partial charge in [-0.2, -0.15) is 0 Å². The average molecular weight is 249 g/mol. The molecule has 2 N–H and O–H groups in total. The molecule has 1 aromatic carbocycles. The van der Waals surface area contributed by atoms with Gasteiger partial charge in [-0.3, -0.25) is 4.39 Å². The van der Waals surface area contributed by atoms with E-state index in [4.69, 9.17) is 5.73 Å². The molecule has 0 aliphatic carbocycles. The number of hydrogen-bond acceptors (Lipinski definition) is 4. The Morgan fingerprint density at radius 2 is 1.94 bits per heavy atom. The molecular formula is C12H12FN3S. The Balaban J connectivity index is 2.21. The van der Waals surface area contributed by atoms with E-state index in [9.17, 15) is 4.39 Å². The molecule has 0 saturated heterocycles. The van der Waals surface area contributed by atoms with Crippen molar-refractivity contribution < 1.29 is 4.39 Å². The molecular weight excluding hydrogens is 237 g/mol. The first-order valence-corrected chi connectivity index (χ1v) is 6.17. The maximum Gasteiger partial charge on any atom is 0.119 e. The van der Waals surface area contributed by atoms with Crippen LogP contribution in [0.25, 0.3) is 11.3 Å². The predicted octanol–water partition coefficient (Wildman–Crippen LogP) is 2.79. The van der Waals surface area contributed by atoms with Gasteiger partial charge in [0.1, 0.15) is 5.03 Å². The van der Waals surface area contributed by atoms with Crippen LogP contribution < -0.4 is 5.73 Å². The predicted molar refractivity (Wildman–Crippen MR) is 68.6 cm³/mol. The molecule has 1 heterocycles. The SMILES string of the molecule is Nc1ccccc1-c1ccc(SCCF)nn1. The smallest absolute Gasteiger partial charge is 0.119 e. The van der Waals surface area contributed by atoms with Crippen molar-refractivity contribution in [2.45, 2.75) is 5.03 Å². The molecule has 0 atom stereocenters. The number of nitrogens with two attached hydrogens (primary N) is 1. The zero-order chi connectivity index (χ0) is 12.1. The van der Waals surface area contributed by atoms with Crippen LogP contribution in [0.15, 0.2) is 41.4 Å². The Kier molecular flexibility index (Phi) is 3.93. The van der Waals surface area contributed by atoms with E-state index in [0.29, 0.717) is 11.4 Å². The third-order valence-corrected chi connectivity index (χ3v) is 3.08. The third kappa shape index (κ3) is 2.94. The molecule has 2 aromatic rings. The Labute approximate surface area is 103 Å². The Morgan fingerprint density at radius 3 is 2.59 bits per heavy atom. The van der Waals surface area contributed by atoms with Crippen molar-refractivity contribution >= 4 is 17.4 Å². The molecule has 0 unspecified atom stereocenters. The molecule has 3 nitrogen and oxygen atoms in total. The lowest BCUT2D eigenvalue weighted by atomic mass is 10.1. The molecule has 0 saturated carbocycles. The molecule has 0 bridgehead atoms. The van der Waals surface area contributed by atoms with Gasteiger partial charge in [-0.05, 0) is 18.2 Å². The van der Waals surface area contributed by atoms with Gasteiger partial charge in [-0.1, -0.05) is 18.2 Å². The molecule has 17 heavy (non-hydrogen) atoms.